The molecule has 0 aliphatic carbocycles. The number of pyridine rings is 1. The molecule has 0 unspecified atom stereocenters. The van der Waals surface area contributed by atoms with Crippen LogP contribution in [0.25, 0.3) is 11.0 Å². The van der Waals surface area contributed by atoms with Gasteiger partial charge in [-0.3, -0.25) is 0 Å². The fraction of sp³-hybridized carbons (Fsp3) is 0.364. The van der Waals surface area contributed by atoms with Crippen molar-refractivity contribution in [1.82, 2.24) is 14.9 Å². The molecule has 0 saturated carbocycles. The van der Waals surface area contributed by atoms with Crippen molar-refractivity contribution in [2.75, 3.05) is 13.1 Å². The first-order valence-corrected chi connectivity index (χ1v) is 5.04. The fourth-order valence-electron chi connectivity index (χ4n) is 1.92. The summed E-state index contributed by atoms with van der Waals surface area (Å²) in [7, 11) is 0. The maximum absolute atomic E-state index is 4.40. The van der Waals surface area contributed by atoms with E-state index < -0.39 is 0 Å². The minimum absolute atomic E-state index is 0.785. The van der Waals surface area contributed by atoms with Crippen LogP contribution in [0, 0.1) is 5.92 Å². The van der Waals surface area contributed by atoms with Crippen LogP contribution in [0.1, 0.15) is 0 Å². The highest BCUT2D eigenvalue weighted by atomic mass is 15.1. The Morgan fingerprint density at radius 3 is 3.14 bits per heavy atom. The SMILES string of the molecule is c1cnc2c(c1)ccn2CC1CNC1. The summed E-state index contributed by atoms with van der Waals surface area (Å²) in [5.74, 6) is 0.785. The Morgan fingerprint density at radius 1 is 1.43 bits per heavy atom. The monoisotopic (exact) mass is 187 g/mol. The minimum atomic E-state index is 0.785. The van der Waals surface area contributed by atoms with Crippen LogP contribution in [0.2, 0.25) is 0 Å². The maximum Gasteiger partial charge on any atom is 0.139 e. The first-order chi connectivity index (χ1) is 6.93. The van der Waals surface area contributed by atoms with Crippen LogP contribution in [0.15, 0.2) is 30.6 Å². The van der Waals surface area contributed by atoms with Crippen molar-refractivity contribution in [2.24, 2.45) is 5.92 Å². The summed E-state index contributed by atoms with van der Waals surface area (Å²) in [4.78, 5) is 4.40. The van der Waals surface area contributed by atoms with Crippen LogP contribution in [0.5, 0.6) is 0 Å². The summed E-state index contributed by atoms with van der Waals surface area (Å²) in [6.07, 6.45) is 3.99. The van der Waals surface area contributed by atoms with E-state index in [0.29, 0.717) is 0 Å². The Bertz CT molecular complexity index is 442. The van der Waals surface area contributed by atoms with Crippen LogP contribution < -0.4 is 5.32 Å². The zero-order valence-corrected chi connectivity index (χ0v) is 7.98. The lowest BCUT2D eigenvalue weighted by Gasteiger charge is -2.27. The van der Waals surface area contributed by atoms with E-state index in [0.717, 1.165) is 31.2 Å². The lowest BCUT2D eigenvalue weighted by atomic mass is 10.0. The van der Waals surface area contributed by atoms with E-state index in [1.807, 2.05) is 12.3 Å². The van der Waals surface area contributed by atoms with Gasteiger partial charge in [0.2, 0.25) is 0 Å². The van der Waals surface area contributed by atoms with E-state index in [1.165, 1.54) is 5.39 Å². The molecule has 1 N–H and O–H groups in total. The molecule has 0 spiro atoms. The standard InChI is InChI=1S/C11H13N3/c1-2-10-3-5-14(11(10)13-4-1)8-9-6-12-7-9/h1-5,9,12H,6-8H2. The molecule has 3 heteroatoms. The van der Waals surface area contributed by atoms with Gasteiger partial charge in [0.25, 0.3) is 0 Å². The van der Waals surface area contributed by atoms with E-state index in [-0.39, 0.29) is 0 Å². The molecule has 2 aromatic rings. The second-order valence-corrected chi connectivity index (χ2v) is 3.91. The minimum Gasteiger partial charge on any atom is -0.332 e. The van der Waals surface area contributed by atoms with Gasteiger partial charge in [0.1, 0.15) is 5.65 Å². The number of fused-ring (bicyclic) bond motifs is 1. The van der Waals surface area contributed by atoms with Crippen molar-refractivity contribution < 1.29 is 0 Å². The van der Waals surface area contributed by atoms with Gasteiger partial charge in [-0.25, -0.2) is 4.98 Å². The van der Waals surface area contributed by atoms with Crippen LogP contribution in [0.3, 0.4) is 0 Å². The average Bonchev–Trinajstić information content (AvgIpc) is 2.55. The third-order valence-corrected chi connectivity index (χ3v) is 2.84. The first kappa shape index (κ1) is 8.00. The predicted octanol–water partition coefficient (Wildman–Crippen LogP) is 1.26. The molecule has 0 radical (unpaired) electrons. The number of aromatic nitrogens is 2. The van der Waals surface area contributed by atoms with Crippen LogP contribution in [-0.2, 0) is 6.54 Å². The van der Waals surface area contributed by atoms with Crippen molar-refractivity contribution in [2.45, 2.75) is 6.54 Å². The highest BCUT2D eigenvalue weighted by molar-refractivity contribution is 5.75. The Balaban J connectivity index is 1.95. The van der Waals surface area contributed by atoms with Crippen molar-refractivity contribution in [1.29, 1.82) is 0 Å². The molecule has 1 aliphatic rings. The molecular formula is C11H13N3. The average molecular weight is 187 g/mol. The van der Waals surface area contributed by atoms with Gasteiger partial charge in [-0.2, -0.15) is 0 Å². The van der Waals surface area contributed by atoms with Crippen molar-refractivity contribution in [3.05, 3.63) is 30.6 Å². The van der Waals surface area contributed by atoms with Gasteiger partial charge in [-0.05, 0) is 18.2 Å². The predicted molar refractivity (Wildman–Crippen MR) is 56.1 cm³/mol. The molecule has 0 amide bonds. The Labute approximate surface area is 82.8 Å². The van der Waals surface area contributed by atoms with E-state index in [2.05, 4.69) is 33.2 Å². The number of nitrogens with zero attached hydrogens (tertiary/aromatic N) is 2. The molecule has 0 atom stereocenters. The largest absolute Gasteiger partial charge is 0.332 e. The summed E-state index contributed by atoms with van der Waals surface area (Å²) >= 11 is 0. The normalized spacial score (nSPS) is 17.1. The first-order valence-electron chi connectivity index (χ1n) is 5.04. The third-order valence-electron chi connectivity index (χ3n) is 2.84. The lowest BCUT2D eigenvalue weighted by Crippen LogP contribution is -2.44. The van der Waals surface area contributed by atoms with Crippen LogP contribution in [0.4, 0.5) is 0 Å². The molecule has 1 saturated heterocycles. The maximum atomic E-state index is 4.40. The zero-order valence-electron chi connectivity index (χ0n) is 7.98. The van der Waals surface area contributed by atoms with E-state index in [9.17, 15) is 0 Å². The van der Waals surface area contributed by atoms with Crippen molar-refractivity contribution in [3.63, 3.8) is 0 Å². The molecule has 0 bridgehead atoms. The van der Waals surface area contributed by atoms with Crippen molar-refractivity contribution >= 4 is 11.0 Å². The second kappa shape index (κ2) is 3.10. The van der Waals surface area contributed by atoms with E-state index in [1.54, 1.807) is 0 Å². The number of hydrogen-bond acceptors (Lipinski definition) is 2. The number of hydrogen-bond donors (Lipinski definition) is 1. The van der Waals surface area contributed by atoms with Gasteiger partial charge < -0.3 is 9.88 Å². The molecule has 1 aliphatic heterocycles. The van der Waals surface area contributed by atoms with Crippen molar-refractivity contribution in [3.8, 4) is 0 Å². The quantitative estimate of drug-likeness (QED) is 0.767. The lowest BCUT2D eigenvalue weighted by molar-refractivity contribution is 0.310. The molecule has 0 aromatic carbocycles. The Hall–Kier alpha value is -1.35. The van der Waals surface area contributed by atoms with E-state index in [4.69, 9.17) is 0 Å². The molecule has 72 valence electrons. The molecule has 3 heterocycles. The Morgan fingerprint density at radius 2 is 2.36 bits per heavy atom. The van der Waals surface area contributed by atoms with Gasteiger partial charge in [0, 0.05) is 43.3 Å². The highest BCUT2D eigenvalue weighted by Crippen LogP contribution is 2.15. The summed E-state index contributed by atoms with van der Waals surface area (Å²) in [5.41, 5.74) is 1.11. The van der Waals surface area contributed by atoms with Gasteiger partial charge in [-0.1, -0.05) is 0 Å². The summed E-state index contributed by atoms with van der Waals surface area (Å²) in [5, 5.41) is 4.52. The highest BCUT2D eigenvalue weighted by Gasteiger charge is 2.17. The zero-order chi connectivity index (χ0) is 9.38. The number of nitrogens with one attached hydrogen (secondary N) is 1. The van der Waals surface area contributed by atoms with Gasteiger partial charge in [-0.15, -0.1) is 0 Å². The summed E-state index contributed by atoms with van der Waals surface area (Å²) < 4.78 is 2.25. The molecule has 3 rings (SSSR count). The van der Waals surface area contributed by atoms with Crippen LogP contribution >= 0.6 is 0 Å². The molecule has 1 fully saturated rings. The molecule has 14 heavy (non-hydrogen) atoms. The Kier molecular flexibility index (Phi) is 1.77. The molecule has 2 aromatic heterocycles. The topological polar surface area (TPSA) is 29.9 Å². The second-order valence-electron chi connectivity index (χ2n) is 3.91. The van der Waals surface area contributed by atoms with E-state index >= 15 is 0 Å². The molecular weight excluding hydrogens is 174 g/mol. The fourth-order valence-corrected chi connectivity index (χ4v) is 1.92. The van der Waals surface area contributed by atoms with Crippen LogP contribution in [-0.4, -0.2) is 22.6 Å². The summed E-state index contributed by atoms with van der Waals surface area (Å²) in [6.45, 7) is 3.38. The third kappa shape index (κ3) is 1.21. The summed E-state index contributed by atoms with van der Waals surface area (Å²) in [6, 6.07) is 6.23. The molecule has 3 nitrogen and oxygen atoms in total. The van der Waals surface area contributed by atoms with Gasteiger partial charge >= 0.3 is 0 Å². The van der Waals surface area contributed by atoms with Gasteiger partial charge in [0.15, 0.2) is 0 Å². The van der Waals surface area contributed by atoms with Gasteiger partial charge in [0.05, 0.1) is 0 Å². The number of rotatable bonds is 2. The smallest absolute Gasteiger partial charge is 0.139 e.